The Balaban J connectivity index is 1.93. The number of hydrogen-bond acceptors (Lipinski definition) is 4. The van der Waals surface area contributed by atoms with E-state index in [4.69, 9.17) is 0 Å². The number of pyridine rings is 1. The summed E-state index contributed by atoms with van der Waals surface area (Å²) in [5.41, 5.74) is 3.93. The number of halogens is 4. The van der Waals surface area contributed by atoms with Crippen molar-refractivity contribution in [2.75, 3.05) is 11.1 Å². The van der Waals surface area contributed by atoms with Crippen molar-refractivity contribution in [1.82, 2.24) is 14.8 Å². The molecule has 29 heavy (non-hydrogen) atoms. The van der Waals surface area contributed by atoms with Crippen LogP contribution in [0.5, 0.6) is 0 Å². The van der Waals surface area contributed by atoms with E-state index in [2.05, 4.69) is 31.3 Å². The zero-order chi connectivity index (χ0) is 20.8. The van der Waals surface area contributed by atoms with E-state index in [-0.39, 0.29) is 11.0 Å². The lowest BCUT2D eigenvalue weighted by Gasteiger charge is -2.20. The van der Waals surface area contributed by atoms with Crippen LogP contribution in [0.25, 0.3) is 11.4 Å². The summed E-state index contributed by atoms with van der Waals surface area (Å²) >= 11 is 4.74. The number of alkyl halides is 3. The number of thioether (sulfide) groups is 1. The van der Waals surface area contributed by atoms with Gasteiger partial charge in [-0.2, -0.15) is 18.3 Å². The minimum absolute atomic E-state index is 0.0972. The van der Waals surface area contributed by atoms with Gasteiger partial charge in [0.1, 0.15) is 17.6 Å². The van der Waals surface area contributed by atoms with Crippen LogP contribution in [0.3, 0.4) is 0 Å². The lowest BCUT2D eigenvalue weighted by molar-refractivity contribution is -0.137. The highest BCUT2D eigenvalue weighted by molar-refractivity contribution is 9.10. The fourth-order valence-electron chi connectivity index (χ4n) is 3.49. The van der Waals surface area contributed by atoms with Gasteiger partial charge in [-0.15, -0.1) is 11.8 Å². The Morgan fingerprint density at radius 2 is 2.03 bits per heavy atom. The lowest BCUT2D eigenvalue weighted by atomic mass is 9.98. The molecule has 3 aromatic rings. The summed E-state index contributed by atoms with van der Waals surface area (Å²) in [6.45, 7) is 1.97. The Labute approximate surface area is 179 Å². The first-order valence-corrected chi connectivity index (χ1v) is 10.8. The second-order valence-electron chi connectivity index (χ2n) is 6.90. The largest absolute Gasteiger partial charge is 0.409 e. The highest BCUT2D eigenvalue weighted by Gasteiger charge is 2.44. The average molecular weight is 483 g/mol. The summed E-state index contributed by atoms with van der Waals surface area (Å²) in [5.74, 6) is 0.283. The number of rotatable bonds is 2. The maximum absolute atomic E-state index is 13.6. The molecule has 4 nitrogen and oxygen atoms in total. The number of aromatic nitrogens is 3. The van der Waals surface area contributed by atoms with Crippen LogP contribution in [-0.4, -0.2) is 32.7 Å². The number of hydrogen-bond donors (Lipinski definition) is 1. The molecule has 152 valence electrons. The van der Waals surface area contributed by atoms with Gasteiger partial charge in [-0.05, 0) is 42.3 Å². The van der Waals surface area contributed by atoms with Crippen LogP contribution in [0.15, 0.2) is 47.1 Å². The van der Waals surface area contributed by atoms with Gasteiger partial charge in [0.2, 0.25) is 0 Å². The molecule has 0 bridgehead atoms. The monoisotopic (exact) mass is 482 g/mol. The van der Waals surface area contributed by atoms with Crippen LogP contribution in [-0.2, 0) is 7.05 Å². The summed E-state index contributed by atoms with van der Waals surface area (Å²) in [7, 11) is 1.66. The number of aryl methyl sites for hydroxylation is 2. The third-order valence-corrected chi connectivity index (χ3v) is 6.75. The Hall–Kier alpha value is -2.00. The second kappa shape index (κ2) is 7.68. The fourth-order valence-corrected chi connectivity index (χ4v) is 5.46. The van der Waals surface area contributed by atoms with Crippen molar-refractivity contribution in [1.29, 1.82) is 0 Å². The van der Waals surface area contributed by atoms with Crippen molar-refractivity contribution in [2.45, 2.75) is 24.4 Å². The fraction of sp³-hybridized carbons (Fsp3) is 0.300. The molecule has 2 aromatic heterocycles. The highest BCUT2D eigenvalue weighted by Crippen LogP contribution is 2.48. The number of benzene rings is 1. The zero-order valence-electron chi connectivity index (χ0n) is 15.7. The molecule has 0 saturated carbocycles. The van der Waals surface area contributed by atoms with E-state index >= 15 is 0 Å². The van der Waals surface area contributed by atoms with Crippen molar-refractivity contribution >= 4 is 33.5 Å². The molecule has 9 heteroatoms. The minimum atomic E-state index is -4.36. The summed E-state index contributed by atoms with van der Waals surface area (Å²) in [6, 6.07) is 9.67. The maximum Gasteiger partial charge on any atom is 0.409 e. The Morgan fingerprint density at radius 3 is 2.69 bits per heavy atom. The van der Waals surface area contributed by atoms with Crippen LogP contribution in [0.1, 0.15) is 21.9 Å². The predicted octanol–water partition coefficient (Wildman–Crippen LogP) is 5.73. The lowest BCUT2D eigenvalue weighted by Crippen LogP contribution is -2.38. The third-order valence-electron chi connectivity index (χ3n) is 4.90. The molecular formula is C20H18BrF3N4S. The average Bonchev–Trinajstić information content (AvgIpc) is 2.85. The van der Waals surface area contributed by atoms with E-state index in [0.29, 0.717) is 17.2 Å². The molecule has 1 aliphatic rings. The first-order valence-electron chi connectivity index (χ1n) is 8.95. The van der Waals surface area contributed by atoms with Gasteiger partial charge in [0.15, 0.2) is 0 Å². The van der Waals surface area contributed by atoms with Gasteiger partial charge in [-0.1, -0.05) is 28.1 Å². The number of nitrogens with zero attached hydrogens (tertiary/aromatic N) is 3. The highest BCUT2D eigenvalue weighted by atomic mass is 79.9. The van der Waals surface area contributed by atoms with Crippen LogP contribution in [0, 0.1) is 6.92 Å². The second-order valence-corrected chi connectivity index (χ2v) is 8.96. The molecule has 0 radical (unpaired) electrons. The van der Waals surface area contributed by atoms with E-state index in [1.54, 1.807) is 19.3 Å². The first kappa shape index (κ1) is 20.3. The smallest absolute Gasteiger partial charge is 0.358 e. The van der Waals surface area contributed by atoms with Crippen molar-refractivity contribution in [3.05, 3.63) is 63.8 Å². The van der Waals surface area contributed by atoms with E-state index in [1.807, 2.05) is 37.3 Å². The van der Waals surface area contributed by atoms with Gasteiger partial charge in [0.25, 0.3) is 0 Å². The summed E-state index contributed by atoms with van der Waals surface area (Å²) < 4.78 is 43.3. The Morgan fingerprint density at radius 1 is 1.24 bits per heavy atom. The van der Waals surface area contributed by atoms with Gasteiger partial charge in [-0.3, -0.25) is 9.67 Å². The summed E-state index contributed by atoms with van der Waals surface area (Å²) in [5, 5.41) is 6.95. The predicted molar refractivity (Wildman–Crippen MR) is 113 cm³/mol. The van der Waals surface area contributed by atoms with Crippen LogP contribution in [0.4, 0.5) is 19.0 Å². The van der Waals surface area contributed by atoms with E-state index in [0.717, 1.165) is 21.2 Å². The summed E-state index contributed by atoms with van der Waals surface area (Å²) in [6.07, 6.45) is -2.70. The van der Waals surface area contributed by atoms with Crippen molar-refractivity contribution in [2.24, 2.45) is 7.05 Å². The van der Waals surface area contributed by atoms with Gasteiger partial charge < -0.3 is 5.32 Å². The van der Waals surface area contributed by atoms with Gasteiger partial charge in [0.05, 0.1) is 10.9 Å². The molecule has 0 aliphatic carbocycles. The minimum Gasteiger partial charge on any atom is -0.358 e. The quantitative estimate of drug-likeness (QED) is 0.506. The molecule has 1 aliphatic heterocycles. The zero-order valence-corrected chi connectivity index (χ0v) is 18.1. The first-order chi connectivity index (χ1) is 13.8. The van der Waals surface area contributed by atoms with Crippen molar-refractivity contribution in [3.63, 3.8) is 0 Å². The topological polar surface area (TPSA) is 42.7 Å². The van der Waals surface area contributed by atoms with Crippen LogP contribution >= 0.6 is 27.7 Å². The number of nitrogens with one attached hydrogen (secondary N) is 1. The molecule has 4 rings (SSSR count). The Kier molecular flexibility index (Phi) is 5.37. The molecule has 0 spiro atoms. The molecular weight excluding hydrogens is 465 g/mol. The maximum atomic E-state index is 13.6. The molecule has 0 fully saturated rings. The van der Waals surface area contributed by atoms with Crippen LogP contribution < -0.4 is 5.32 Å². The number of fused-ring (bicyclic) bond motifs is 1. The standard InChI is InChI=1S/C20H18BrF3N4S/c1-11-9-12(21)6-7-13(11)18-16-17(14-5-3-4-8-25-14)27-28(2)19(16)26-15(10-29-18)20(22,23)24/h3-9,15,18,26H,10H2,1-2H3/t15-,18+/m1/s1. The van der Waals surface area contributed by atoms with Gasteiger partial charge >= 0.3 is 6.18 Å². The van der Waals surface area contributed by atoms with E-state index in [9.17, 15) is 13.2 Å². The van der Waals surface area contributed by atoms with E-state index < -0.39 is 12.2 Å². The van der Waals surface area contributed by atoms with Gasteiger partial charge in [-0.25, -0.2) is 0 Å². The third kappa shape index (κ3) is 3.90. The van der Waals surface area contributed by atoms with Gasteiger partial charge in [0, 0.05) is 29.0 Å². The Bertz CT molecular complexity index is 1040. The van der Waals surface area contributed by atoms with E-state index in [1.165, 1.54) is 16.4 Å². The van der Waals surface area contributed by atoms with Crippen molar-refractivity contribution < 1.29 is 13.2 Å². The SMILES string of the molecule is Cc1cc(Br)ccc1[C@@H]1SC[C@H](C(F)(F)F)Nc2c1c(-c1ccccn1)nn2C. The van der Waals surface area contributed by atoms with Crippen molar-refractivity contribution in [3.8, 4) is 11.4 Å². The molecule has 1 N–H and O–H groups in total. The molecule has 2 atom stereocenters. The van der Waals surface area contributed by atoms with Crippen LogP contribution in [0.2, 0.25) is 0 Å². The molecule has 0 unspecified atom stereocenters. The molecule has 3 heterocycles. The molecule has 0 amide bonds. The molecule has 1 aromatic carbocycles. The number of anilines is 1. The normalized spacial score (nSPS) is 19.4. The summed E-state index contributed by atoms with van der Waals surface area (Å²) in [4.78, 5) is 4.39. The molecule has 0 saturated heterocycles.